The monoisotopic (exact) mass is 191 g/mol. The Morgan fingerprint density at radius 2 is 1.50 bits per heavy atom. The van der Waals surface area contributed by atoms with Crippen LogP contribution in [0.4, 0.5) is 5.69 Å². The molecular formula is C13H21N. The lowest BCUT2D eigenvalue weighted by atomic mass is 10.0. The molecule has 1 rings (SSSR count). The maximum atomic E-state index is 5.53. The Morgan fingerprint density at radius 3 is 1.79 bits per heavy atom. The van der Waals surface area contributed by atoms with Crippen molar-refractivity contribution in [3.63, 3.8) is 0 Å². The normalized spacial score (nSPS) is 9.21. The van der Waals surface area contributed by atoms with Crippen molar-refractivity contribution < 1.29 is 0 Å². The number of nitrogens with two attached hydrogens (primary N) is 1. The van der Waals surface area contributed by atoms with Crippen LogP contribution in [0.5, 0.6) is 0 Å². The van der Waals surface area contributed by atoms with E-state index in [0.717, 1.165) is 5.69 Å². The SMILES string of the molecule is C=C(C)C.CC(C)c1ccc(N)cc1. The van der Waals surface area contributed by atoms with E-state index in [9.17, 15) is 0 Å². The van der Waals surface area contributed by atoms with Crippen LogP contribution in [-0.2, 0) is 0 Å². The standard InChI is InChI=1S/C9H13N.C4H8/c1-7(2)8-3-5-9(10)6-4-8;1-4(2)3/h3-7H,10H2,1-2H3;1H2,2-3H3. The van der Waals surface area contributed by atoms with Gasteiger partial charge in [0.15, 0.2) is 0 Å². The third-order valence-corrected chi connectivity index (χ3v) is 1.60. The highest BCUT2D eigenvalue weighted by molar-refractivity contribution is 5.39. The first-order valence-corrected chi connectivity index (χ1v) is 4.91. The Morgan fingerprint density at radius 1 is 1.14 bits per heavy atom. The molecule has 0 radical (unpaired) electrons. The summed E-state index contributed by atoms with van der Waals surface area (Å²) < 4.78 is 0. The quantitative estimate of drug-likeness (QED) is 0.527. The van der Waals surface area contributed by atoms with Crippen molar-refractivity contribution in [2.75, 3.05) is 5.73 Å². The van der Waals surface area contributed by atoms with E-state index in [2.05, 4.69) is 32.6 Å². The Hall–Kier alpha value is -1.24. The van der Waals surface area contributed by atoms with Crippen molar-refractivity contribution in [2.45, 2.75) is 33.6 Å². The molecule has 14 heavy (non-hydrogen) atoms. The Kier molecular flexibility index (Phi) is 5.70. The fourth-order valence-electron chi connectivity index (χ4n) is 0.881. The van der Waals surface area contributed by atoms with E-state index >= 15 is 0 Å². The average Bonchev–Trinajstić information content (AvgIpc) is 2.03. The lowest BCUT2D eigenvalue weighted by Crippen LogP contribution is -1.88. The zero-order valence-corrected chi connectivity index (χ0v) is 9.67. The molecule has 1 nitrogen and oxygen atoms in total. The van der Waals surface area contributed by atoms with E-state index in [1.54, 1.807) is 0 Å². The summed E-state index contributed by atoms with van der Waals surface area (Å²) in [7, 11) is 0. The second kappa shape index (κ2) is 6.25. The first kappa shape index (κ1) is 12.8. The van der Waals surface area contributed by atoms with Crippen LogP contribution in [0.2, 0.25) is 0 Å². The summed E-state index contributed by atoms with van der Waals surface area (Å²) in [5.41, 5.74) is 8.87. The second-order valence-corrected chi connectivity index (χ2v) is 4.03. The van der Waals surface area contributed by atoms with Gasteiger partial charge in [-0.3, -0.25) is 0 Å². The first-order chi connectivity index (χ1) is 6.43. The van der Waals surface area contributed by atoms with Crippen LogP contribution >= 0.6 is 0 Å². The van der Waals surface area contributed by atoms with Crippen molar-refractivity contribution in [3.8, 4) is 0 Å². The Bertz CT molecular complexity index is 266. The van der Waals surface area contributed by atoms with Gasteiger partial charge in [-0.25, -0.2) is 0 Å². The largest absolute Gasteiger partial charge is 0.399 e. The van der Waals surface area contributed by atoms with E-state index in [1.807, 2.05) is 26.0 Å². The Balaban J connectivity index is 0.000000364. The molecule has 1 aromatic carbocycles. The van der Waals surface area contributed by atoms with Gasteiger partial charge in [-0.2, -0.15) is 0 Å². The summed E-state index contributed by atoms with van der Waals surface area (Å²) in [6.07, 6.45) is 0. The van der Waals surface area contributed by atoms with E-state index < -0.39 is 0 Å². The van der Waals surface area contributed by atoms with Gasteiger partial charge in [-0.15, -0.1) is 6.58 Å². The molecule has 0 amide bonds. The van der Waals surface area contributed by atoms with Crippen molar-refractivity contribution in [1.82, 2.24) is 0 Å². The van der Waals surface area contributed by atoms with Crippen molar-refractivity contribution >= 4 is 5.69 Å². The molecule has 0 unspecified atom stereocenters. The van der Waals surface area contributed by atoms with Gasteiger partial charge < -0.3 is 5.73 Å². The van der Waals surface area contributed by atoms with Crippen molar-refractivity contribution in [3.05, 3.63) is 42.0 Å². The van der Waals surface area contributed by atoms with Crippen LogP contribution in [0, 0.1) is 0 Å². The van der Waals surface area contributed by atoms with Crippen molar-refractivity contribution in [1.29, 1.82) is 0 Å². The molecular weight excluding hydrogens is 170 g/mol. The van der Waals surface area contributed by atoms with Gasteiger partial charge in [-0.1, -0.05) is 31.6 Å². The van der Waals surface area contributed by atoms with Gasteiger partial charge in [0.25, 0.3) is 0 Å². The minimum atomic E-state index is 0.598. The molecule has 0 saturated carbocycles. The fourth-order valence-corrected chi connectivity index (χ4v) is 0.881. The topological polar surface area (TPSA) is 26.0 Å². The zero-order valence-electron chi connectivity index (χ0n) is 9.67. The number of allylic oxidation sites excluding steroid dienone is 1. The molecule has 2 N–H and O–H groups in total. The summed E-state index contributed by atoms with van der Waals surface area (Å²) in [6, 6.07) is 8.02. The first-order valence-electron chi connectivity index (χ1n) is 4.91. The molecule has 78 valence electrons. The Labute approximate surface area is 87.6 Å². The molecule has 0 heterocycles. The predicted molar refractivity (Wildman–Crippen MR) is 65.4 cm³/mol. The molecule has 0 aliphatic carbocycles. The summed E-state index contributed by atoms with van der Waals surface area (Å²) in [4.78, 5) is 0. The molecule has 1 heteroatoms. The van der Waals surface area contributed by atoms with E-state index in [-0.39, 0.29) is 0 Å². The molecule has 0 spiro atoms. The number of nitrogen functional groups attached to an aromatic ring is 1. The molecule has 0 atom stereocenters. The molecule has 0 aliphatic heterocycles. The smallest absolute Gasteiger partial charge is 0.0314 e. The summed E-state index contributed by atoms with van der Waals surface area (Å²) in [6.45, 7) is 11.8. The van der Waals surface area contributed by atoms with Crippen LogP contribution < -0.4 is 5.73 Å². The van der Waals surface area contributed by atoms with Crippen LogP contribution in [0.3, 0.4) is 0 Å². The molecule has 0 saturated heterocycles. The van der Waals surface area contributed by atoms with Crippen LogP contribution in [0.15, 0.2) is 36.4 Å². The summed E-state index contributed by atoms with van der Waals surface area (Å²) in [5, 5.41) is 0. The maximum Gasteiger partial charge on any atom is 0.0314 e. The lowest BCUT2D eigenvalue weighted by Gasteiger charge is -2.03. The highest BCUT2D eigenvalue weighted by Crippen LogP contribution is 2.14. The van der Waals surface area contributed by atoms with Gasteiger partial charge in [0.1, 0.15) is 0 Å². The highest BCUT2D eigenvalue weighted by atomic mass is 14.5. The highest BCUT2D eigenvalue weighted by Gasteiger charge is 1.95. The van der Waals surface area contributed by atoms with Gasteiger partial charge in [-0.05, 0) is 37.5 Å². The molecule has 1 aromatic rings. The van der Waals surface area contributed by atoms with Crippen molar-refractivity contribution in [2.24, 2.45) is 0 Å². The average molecular weight is 191 g/mol. The third-order valence-electron chi connectivity index (χ3n) is 1.60. The zero-order chi connectivity index (χ0) is 11.1. The number of hydrogen-bond acceptors (Lipinski definition) is 1. The van der Waals surface area contributed by atoms with E-state index in [4.69, 9.17) is 5.73 Å². The number of hydrogen-bond donors (Lipinski definition) is 1. The van der Waals surface area contributed by atoms with Crippen LogP contribution in [-0.4, -0.2) is 0 Å². The minimum Gasteiger partial charge on any atom is -0.399 e. The van der Waals surface area contributed by atoms with E-state index in [0.29, 0.717) is 5.92 Å². The molecule has 0 aromatic heterocycles. The predicted octanol–water partition coefficient (Wildman–Crippen LogP) is 3.97. The van der Waals surface area contributed by atoms with Gasteiger partial charge in [0.2, 0.25) is 0 Å². The molecule has 0 fully saturated rings. The van der Waals surface area contributed by atoms with Gasteiger partial charge in [0.05, 0.1) is 0 Å². The van der Waals surface area contributed by atoms with Gasteiger partial charge in [0, 0.05) is 5.69 Å². The van der Waals surface area contributed by atoms with Gasteiger partial charge >= 0.3 is 0 Å². The summed E-state index contributed by atoms with van der Waals surface area (Å²) in [5.74, 6) is 0.598. The van der Waals surface area contributed by atoms with E-state index in [1.165, 1.54) is 11.1 Å². The number of rotatable bonds is 1. The van der Waals surface area contributed by atoms with Crippen LogP contribution in [0.1, 0.15) is 39.2 Å². The number of anilines is 1. The molecule has 0 bridgehead atoms. The second-order valence-electron chi connectivity index (χ2n) is 4.03. The maximum absolute atomic E-state index is 5.53. The van der Waals surface area contributed by atoms with Crippen LogP contribution in [0.25, 0.3) is 0 Å². The third kappa shape index (κ3) is 6.30. The fraction of sp³-hybridized carbons (Fsp3) is 0.385. The summed E-state index contributed by atoms with van der Waals surface area (Å²) >= 11 is 0. The number of benzene rings is 1. The lowest BCUT2D eigenvalue weighted by molar-refractivity contribution is 0.867. The minimum absolute atomic E-state index is 0.598. The molecule has 0 aliphatic rings.